The molecule has 2 bridgehead atoms. The van der Waals surface area contributed by atoms with Crippen LogP contribution in [0.1, 0.15) is 25.7 Å². The average Bonchev–Trinajstić information content (AvgIpc) is 2.49. The van der Waals surface area contributed by atoms with Crippen molar-refractivity contribution in [3.8, 4) is 0 Å². The summed E-state index contributed by atoms with van der Waals surface area (Å²) >= 11 is 0. The molecule has 0 unspecified atom stereocenters. The second-order valence-corrected chi connectivity index (χ2v) is 4.93. The third-order valence-corrected chi connectivity index (χ3v) is 4.75. The van der Waals surface area contributed by atoms with Crippen LogP contribution in [-0.2, 0) is 4.74 Å². The minimum Gasteiger partial charge on any atom is -0.374 e. The van der Waals surface area contributed by atoms with Crippen molar-refractivity contribution < 1.29 is 4.74 Å². The Morgan fingerprint density at radius 2 is 1.91 bits per heavy atom. The second-order valence-electron chi connectivity index (χ2n) is 4.93. The molecule has 4 fully saturated rings. The van der Waals surface area contributed by atoms with Crippen LogP contribution in [0.3, 0.4) is 0 Å². The molecule has 1 heteroatoms. The van der Waals surface area contributed by atoms with Gasteiger partial charge in [0.25, 0.3) is 0 Å². The summed E-state index contributed by atoms with van der Waals surface area (Å²) in [6, 6.07) is 0. The normalized spacial score (nSPS) is 69.8. The van der Waals surface area contributed by atoms with Crippen molar-refractivity contribution in [2.24, 2.45) is 23.7 Å². The highest BCUT2D eigenvalue weighted by Gasteiger charge is 2.62. The smallest absolute Gasteiger partial charge is 0.0613 e. The van der Waals surface area contributed by atoms with Gasteiger partial charge >= 0.3 is 0 Å². The van der Waals surface area contributed by atoms with Crippen LogP contribution in [-0.4, -0.2) is 12.2 Å². The van der Waals surface area contributed by atoms with Gasteiger partial charge in [0.15, 0.2) is 0 Å². The first-order valence-corrected chi connectivity index (χ1v) is 5.09. The zero-order valence-electron chi connectivity index (χ0n) is 6.70. The highest BCUT2D eigenvalue weighted by molar-refractivity contribution is 5.11. The fraction of sp³-hybridized carbons (Fsp3) is 1.00. The van der Waals surface area contributed by atoms with Crippen molar-refractivity contribution >= 4 is 0 Å². The molecule has 0 radical (unpaired) electrons. The summed E-state index contributed by atoms with van der Waals surface area (Å²) in [5.74, 6) is 4.22. The summed E-state index contributed by atoms with van der Waals surface area (Å²) in [7, 11) is 0. The lowest BCUT2D eigenvalue weighted by Crippen LogP contribution is -2.22. The third kappa shape index (κ3) is 0.462. The Balaban J connectivity index is 1.89. The maximum Gasteiger partial charge on any atom is 0.0613 e. The van der Waals surface area contributed by atoms with E-state index in [0.29, 0.717) is 12.2 Å². The van der Waals surface area contributed by atoms with Gasteiger partial charge in [0.2, 0.25) is 0 Å². The van der Waals surface area contributed by atoms with Crippen LogP contribution >= 0.6 is 0 Å². The van der Waals surface area contributed by atoms with Crippen molar-refractivity contribution in [2.75, 3.05) is 0 Å². The summed E-state index contributed by atoms with van der Waals surface area (Å²) in [6.07, 6.45) is 7.25. The minimum atomic E-state index is 0.711. The molecule has 0 spiro atoms. The molecule has 0 N–H and O–H groups in total. The van der Waals surface area contributed by atoms with E-state index >= 15 is 0 Å². The SMILES string of the molecule is C1[C@@H]2C[C@H]3O[C@H]4CC[C@@H]2[C@H]4[C@@H]13. The van der Waals surface area contributed by atoms with E-state index in [4.69, 9.17) is 4.74 Å². The first-order chi connectivity index (χ1) is 5.43. The molecule has 3 aliphatic carbocycles. The van der Waals surface area contributed by atoms with Crippen LogP contribution in [0.5, 0.6) is 0 Å². The quantitative estimate of drug-likeness (QED) is 0.512. The monoisotopic (exact) mass is 150 g/mol. The van der Waals surface area contributed by atoms with Crippen molar-refractivity contribution in [3.63, 3.8) is 0 Å². The molecule has 1 nitrogen and oxygen atoms in total. The first-order valence-electron chi connectivity index (χ1n) is 5.09. The Bertz CT molecular complexity index is 209. The fourth-order valence-electron chi connectivity index (χ4n) is 4.53. The van der Waals surface area contributed by atoms with E-state index in [-0.39, 0.29) is 0 Å². The van der Waals surface area contributed by atoms with Gasteiger partial charge in [-0.15, -0.1) is 0 Å². The minimum absolute atomic E-state index is 0.711. The van der Waals surface area contributed by atoms with Gasteiger partial charge in [-0.25, -0.2) is 0 Å². The molecule has 1 aliphatic heterocycles. The first kappa shape index (κ1) is 5.58. The molecule has 6 atom stereocenters. The Labute approximate surface area is 67.1 Å². The van der Waals surface area contributed by atoms with E-state index in [1.54, 1.807) is 0 Å². The molecule has 4 aliphatic rings. The summed E-state index contributed by atoms with van der Waals surface area (Å²) < 4.78 is 6.03. The summed E-state index contributed by atoms with van der Waals surface area (Å²) in [6.45, 7) is 0. The van der Waals surface area contributed by atoms with Crippen LogP contribution in [0.25, 0.3) is 0 Å². The third-order valence-electron chi connectivity index (χ3n) is 4.75. The number of fused-ring (bicyclic) bond motifs is 2. The lowest BCUT2D eigenvalue weighted by molar-refractivity contribution is 0.0363. The molecule has 0 amide bonds. The van der Waals surface area contributed by atoms with Crippen LogP contribution in [0.4, 0.5) is 0 Å². The lowest BCUT2D eigenvalue weighted by Gasteiger charge is -2.22. The molecule has 0 aromatic heterocycles. The largest absolute Gasteiger partial charge is 0.374 e. The number of ether oxygens (including phenoxy) is 1. The van der Waals surface area contributed by atoms with Gasteiger partial charge in [0.1, 0.15) is 0 Å². The van der Waals surface area contributed by atoms with E-state index in [1.165, 1.54) is 25.7 Å². The topological polar surface area (TPSA) is 9.23 Å². The predicted molar refractivity (Wildman–Crippen MR) is 41.1 cm³/mol. The second kappa shape index (κ2) is 1.52. The molecule has 0 aromatic rings. The Morgan fingerprint density at radius 3 is 2.91 bits per heavy atom. The van der Waals surface area contributed by atoms with Crippen LogP contribution in [0, 0.1) is 23.7 Å². The van der Waals surface area contributed by atoms with Gasteiger partial charge in [0, 0.05) is 0 Å². The molecule has 1 heterocycles. The molecule has 60 valence electrons. The highest BCUT2D eigenvalue weighted by Crippen LogP contribution is 2.64. The van der Waals surface area contributed by atoms with Gasteiger partial charge in [-0.05, 0) is 49.4 Å². The maximum absolute atomic E-state index is 6.03. The highest BCUT2D eigenvalue weighted by atomic mass is 16.5. The standard InChI is InChI=1S/C10H14O/c1-2-8-10-6(1)5-3-7(10)9(4-5)11-8/h5-10H,1-4H2/t5-,6+,7+,8+,9-,10+/m1/s1. The maximum atomic E-state index is 6.03. The van der Waals surface area contributed by atoms with Crippen molar-refractivity contribution in [1.29, 1.82) is 0 Å². The van der Waals surface area contributed by atoms with E-state index in [0.717, 1.165) is 23.7 Å². The zero-order valence-corrected chi connectivity index (χ0v) is 6.70. The van der Waals surface area contributed by atoms with Crippen molar-refractivity contribution in [3.05, 3.63) is 0 Å². The molecular formula is C10H14O. The Hall–Kier alpha value is -0.0400. The molecule has 4 rings (SSSR count). The Kier molecular flexibility index (Phi) is 0.769. The predicted octanol–water partition coefficient (Wildman–Crippen LogP) is 1.82. The van der Waals surface area contributed by atoms with Gasteiger partial charge in [0.05, 0.1) is 12.2 Å². The van der Waals surface area contributed by atoms with Gasteiger partial charge in [-0.2, -0.15) is 0 Å². The van der Waals surface area contributed by atoms with E-state index in [2.05, 4.69) is 0 Å². The van der Waals surface area contributed by atoms with Gasteiger partial charge < -0.3 is 4.74 Å². The van der Waals surface area contributed by atoms with Crippen LogP contribution < -0.4 is 0 Å². The summed E-state index contributed by atoms with van der Waals surface area (Å²) in [5, 5.41) is 0. The number of rotatable bonds is 0. The molecular weight excluding hydrogens is 136 g/mol. The average molecular weight is 150 g/mol. The fourth-order valence-corrected chi connectivity index (χ4v) is 4.53. The van der Waals surface area contributed by atoms with E-state index in [9.17, 15) is 0 Å². The zero-order chi connectivity index (χ0) is 7.00. The summed E-state index contributed by atoms with van der Waals surface area (Å²) in [4.78, 5) is 0. The molecule has 3 saturated carbocycles. The Morgan fingerprint density at radius 1 is 0.909 bits per heavy atom. The van der Waals surface area contributed by atoms with E-state index < -0.39 is 0 Å². The van der Waals surface area contributed by atoms with Gasteiger partial charge in [-0.3, -0.25) is 0 Å². The van der Waals surface area contributed by atoms with E-state index in [1.807, 2.05) is 0 Å². The van der Waals surface area contributed by atoms with Crippen LogP contribution in [0.15, 0.2) is 0 Å². The summed E-state index contributed by atoms with van der Waals surface area (Å²) in [5.41, 5.74) is 0. The van der Waals surface area contributed by atoms with Crippen molar-refractivity contribution in [2.45, 2.75) is 37.9 Å². The lowest BCUT2D eigenvalue weighted by atomic mass is 9.82. The van der Waals surface area contributed by atoms with Gasteiger partial charge in [-0.1, -0.05) is 0 Å². The molecule has 11 heavy (non-hydrogen) atoms. The van der Waals surface area contributed by atoms with Crippen LogP contribution in [0.2, 0.25) is 0 Å². The number of hydrogen-bond acceptors (Lipinski definition) is 1. The molecule has 1 saturated heterocycles. The number of hydrogen-bond donors (Lipinski definition) is 0. The molecule has 0 aromatic carbocycles. The van der Waals surface area contributed by atoms with Crippen molar-refractivity contribution in [1.82, 2.24) is 0 Å².